The van der Waals surface area contributed by atoms with E-state index in [9.17, 15) is 9.90 Å². The minimum absolute atomic E-state index is 0.152. The lowest BCUT2D eigenvalue weighted by molar-refractivity contribution is -0.128. The molecule has 138 valence electrons. The second-order valence-corrected chi connectivity index (χ2v) is 7.80. The third kappa shape index (κ3) is 4.46. The highest BCUT2D eigenvalue weighted by molar-refractivity contribution is 6.31. The molecule has 0 saturated carbocycles. The smallest absolute Gasteiger partial charge is 0.223 e. The number of likely N-dealkylation sites (tertiary alicyclic amines) is 2. The summed E-state index contributed by atoms with van der Waals surface area (Å²) in [5, 5.41) is 10.1. The number of rotatable bonds is 6. The van der Waals surface area contributed by atoms with E-state index >= 15 is 0 Å². The molecule has 2 saturated heterocycles. The number of carbonyl (C=O) groups excluding carboxylic acids is 1. The number of phenolic OH excluding ortho intramolecular Hbond substituents is 1. The number of hydrogen-bond acceptors (Lipinski definition) is 4. The minimum Gasteiger partial charge on any atom is -0.508 e. The Bertz CT molecular complexity index is 615. The standard InChI is InChI=1S/C19H27ClN2O3/c1-25-10-2-7-22-14-19(12-18(22)24)5-8-21(9-6-19)13-15-3-4-16(23)11-17(15)20/h3-4,11,23H,2,5-10,12-14H2,1H3. The largest absolute Gasteiger partial charge is 0.508 e. The second-order valence-electron chi connectivity index (χ2n) is 7.39. The Morgan fingerprint density at radius 3 is 2.76 bits per heavy atom. The summed E-state index contributed by atoms with van der Waals surface area (Å²) < 4.78 is 5.09. The third-order valence-corrected chi connectivity index (χ3v) is 5.88. The normalized spacial score (nSPS) is 20.6. The van der Waals surface area contributed by atoms with Gasteiger partial charge in [-0.2, -0.15) is 0 Å². The molecule has 2 aliphatic heterocycles. The maximum absolute atomic E-state index is 12.3. The van der Waals surface area contributed by atoms with E-state index in [1.54, 1.807) is 19.2 Å². The van der Waals surface area contributed by atoms with E-state index in [0.29, 0.717) is 24.0 Å². The molecular formula is C19H27ClN2O3. The summed E-state index contributed by atoms with van der Waals surface area (Å²) in [4.78, 5) is 16.7. The highest BCUT2D eigenvalue weighted by Crippen LogP contribution is 2.41. The Kier molecular flexibility index (Phi) is 5.87. The zero-order chi connectivity index (χ0) is 17.9. The summed E-state index contributed by atoms with van der Waals surface area (Å²) in [6.07, 6.45) is 3.70. The summed E-state index contributed by atoms with van der Waals surface area (Å²) in [5.41, 5.74) is 1.19. The van der Waals surface area contributed by atoms with Crippen LogP contribution in [0.1, 0.15) is 31.2 Å². The summed E-state index contributed by atoms with van der Waals surface area (Å²) in [7, 11) is 1.70. The first-order valence-corrected chi connectivity index (χ1v) is 9.36. The van der Waals surface area contributed by atoms with Crippen LogP contribution in [-0.2, 0) is 16.1 Å². The number of ether oxygens (including phenoxy) is 1. The van der Waals surface area contributed by atoms with Gasteiger partial charge in [0.05, 0.1) is 0 Å². The lowest BCUT2D eigenvalue weighted by atomic mass is 9.77. The molecule has 0 radical (unpaired) electrons. The predicted molar refractivity (Wildman–Crippen MR) is 97.8 cm³/mol. The molecule has 1 aromatic rings. The predicted octanol–water partition coefficient (Wildman–Crippen LogP) is 2.90. The molecule has 0 unspecified atom stereocenters. The van der Waals surface area contributed by atoms with Gasteiger partial charge in [0.1, 0.15) is 5.75 Å². The molecule has 1 N–H and O–H groups in total. The Morgan fingerprint density at radius 1 is 1.32 bits per heavy atom. The summed E-state index contributed by atoms with van der Waals surface area (Å²) in [6, 6.07) is 5.16. The molecular weight excluding hydrogens is 340 g/mol. The highest BCUT2D eigenvalue weighted by atomic mass is 35.5. The number of amides is 1. The van der Waals surface area contributed by atoms with Crippen molar-refractivity contribution < 1.29 is 14.6 Å². The molecule has 0 aromatic heterocycles. The van der Waals surface area contributed by atoms with Gasteiger partial charge in [-0.3, -0.25) is 9.69 Å². The topological polar surface area (TPSA) is 53.0 Å². The van der Waals surface area contributed by atoms with E-state index in [2.05, 4.69) is 4.90 Å². The summed E-state index contributed by atoms with van der Waals surface area (Å²) in [5.74, 6) is 0.496. The number of halogens is 1. The molecule has 6 heteroatoms. The number of nitrogens with zero attached hydrogens (tertiary/aromatic N) is 2. The van der Waals surface area contributed by atoms with Crippen LogP contribution in [0, 0.1) is 5.41 Å². The van der Waals surface area contributed by atoms with Crippen LogP contribution in [0.2, 0.25) is 5.02 Å². The molecule has 2 heterocycles. The maximum Gasteiger partial charge on any atom is 0.223 e. The number of benzene rings is 1. The fourth-order valence-electron chi connectivity index (χ4n) is 4.01. The molecule has 5 nitrogen and oxygen atoms in total. The summed E-state index contributed by atoms with van der Waals surface area (Å²) >= 11 is 6.22. The van der Waals surface area contributed by atoms with Gasteiger partial charge in [0.15, 0.2) is 0 Å². The number of piperidine rings is 1. The molecule has 3 rings (SSSR count). The van der Waals surface area contributed by atoms with Crippen LogP contribution in [0.4, 0.5) is 0 Å². The molecule has 25 heavy (non-hydrogen) atoms. The third-order valence-electron chi connectivity index (χ3n) is 5.53. The van der Waals surface area contributed by atoms with Gasteiger partial charge in [0, 0.05) is 44.8 Å². The lowest BCUT2D eigenvalue weighted by Gasteiger charge is -2.39. The van der Waals surface area contributed by atoms with Crippen LogP contribution >= 0.6 is 11.6 Å². The van der Waals surface area contributed by atoms with Crippen molar-refractivity contribution in [2.45, 2.75) is 32.2 Å². The summed E-state index contributed by atoms with van der Waals surface area (Å²) in [6.45, 7) is 5.16. The molecule has 1 aromatic carbocycles. The second kappa shape index (κ2) is 7.94. The Morgan fingerprint density at radius 2 is 2.08 bits per heavy atom. The van der Waals surface area contributed by atoms with E-state index in [0.717, 1.165) is 57.5 Å². The Balaban J connectivity index is 1.52. The number of aromatic hydroxyl groups is 1. The number of carbonyl (C=O) groups is 1. The maximum atomic E-state index is 12.3. The van der Waals surface area contributed by atoms with Gasteiger partial charge in [0.2, 0.25) is 5.91 Å². The lowest BCUT2D eigenvalue weighted by Crippen LogP contribution is -2.41. The van der Waals surface area contributed by atoms with Crippen LogP contribution in [0.25, 0.3) is 0 Å². The SMILES string of the molecule is COCCCN1CC2(CCN(Cc3ccc(O)cc3Cl)CC2)CC1=O. The van der Waals surface area contributed by atoms with Crippen LogP contribution in [-0.4, -0.2) is 60.7 Å². The fraction of sp³-hybridized carbons (Fsp3) is 0.632. The first-order chi connectivity index (χ1) is 12.0. The van der Waals surface area contributed by atoms with Crippen molar-refractivity contribution in [1.82, 2.24) is 9.80 Å². The van der Waals surface area contributed by atoms with Crippen molar-refractivity contribution in [3.8, 4) is 5.75 Å². The van der Waals surface area contributed by atoms with Crippen LogP contribution in [0.3, 0.4) is 0 Å². The molecule has 1 amide bonds. The highest BCUT2D eigenvalue weighted by Gasteiger charge is 2.44. The molecule has 2 fully saturated rings. The van der Waals surface area contributed by atoms with E-state index < -0.39 is 0 Å². The van der Waals surface area contributed by atoms with Gasteiger partial charge in [-0.05, 0) is 55.5 Å². The average molecular weight is 367 g/mol. The molecule has 0 atom stereocenters. The van der Waals surface area contributed by atoms with Gasteiger partial charge in [-0.25, -0.2) is 0 Å². The van der Waals surface area contributed by atoms with Crippen molar-refractivity contribution in [3.63, 3.8) is 0 Å². The minimum atomic E-state index is 0.152. The van der Waals surface area contributed by atoms with E-state index in [1.165, 1.54) is 0 Å². The van der Waals surface area contributed by atoms with Gasteiger partial charge in [-0.1, -0.05) is 17.7 Å². The quantitative estimate of drug-likeness (QED) is 0.786. The first kappa shape index (κ1) is 18.5. The molecule has 2 aliphatic rings. The van der Waals surface area contributed by atoms with Crippen molar-refractivity contribution in [3.05, 3.63) is 28.8 Å². The van der Waals surface area contributed by atoms with Crippen molar-refractivity contribution in [2.24, 2.45) is 5.41 Å². The first-order valence-electron chi connectivity index (χ1n) is 8.98. The number of methoxy groups -OCH3 is 1. The number of phenols is 1. The molecule has 0 aliphatic carbocycles. The fourth-order valence-corrected chi connectivity index (χ4v) is 4.25. The monoisotopic (exact) mass is 366 g/mol. The van der Waals surface area contributed by atoms with E-state index in [1.807, 2.05) is 11.0 Å². The van der Waals surface area contributed by atoms with E-state index in [-0.39, 0.29) is 11.2 Å². The van der Waals surface area contributed by atoms with Gasteiger partial charge < -0.3 is 14.7 Å². The van der Waals surface area contributed by atoms with Crippen LogP contribution < -0.4 is 0 Å². The average Bonchev–Trinajstić information content (AvgIpc) is 2.88. The molecule has 0 bridgehead atoms. The van der Waals surface area contributed by atoms with Gasteiger partial charge in [0.25, 0.3) is 0 Å². The zero-order valence-electron chi connectivity index (χ0n) is 14.8. The molecule has 1 spiro atoms. The number of hydrogen-bond donors (Lipinski definition) is 1. The Hall–Kier alpha value is -1.30. The van der Waals surface area contributed by atoms with Gasteiger partial charge in [-0.15, -0.1) is 0 Å². The van der Waals surface area contributed by atoms with Gasteiger partial charge >= 0.3 is 0 Å². The van der Waals surface area contributed by atoms with Crippen molar-refractivity contribution in [2.75, 3.05) is 39.9 Å². The van der Waals surface area contributed by atoms with Crippen molar-refractivity contribution in [1.29, 1.82) is 0 Å². The Labute approximate surface area is 154 Å². The van der Waals surface area contributed by atoms with Crippen molar-refractivity contribution >= 4 is 17.5 Å². The van der Waals surface area contributed by atoms with E-state index in [4.69, 9.17) is 16.3 Å². The van der Waals surface area contributed by atoms with Crippen LogP contribution in [0.5, 0.6) is 5.75 Å². The zero-order valence-corrected chi connectivity index (χ0v) is 15.6. The van der Waals surface area contributed by atoms with Crippen LogP contribution in [0.15, 0.2) is 18.2 Å².